The van der Waals surface area contributed by atoms with Gasteiger partial charge in [0.05, 0.1) is 5.92 Å². The lowest BCUT2D eigenvalue weighted by Crippen LogP contribution is -2.48. The van der Waals surface area contributed by atoms with Crippen molar-refractivity contribution >= 4 is 17.4 Å². The van der Waals surface area contributed by atoms with E-state index in [1.165, 1.54) is 5.48 Å². The smallest absolute Gasteiger partial charge is 0.272 e. The Kier molecular flexibility index (Phi) is 10.1. The molecule has 0 saturated heterocycles. The second-order valence-corrected chi connectivity index (χ2v) is 9.07. The number of aromatic nitrogens is 2. The number of carbonyl (C=O) groups is 2. The van der Waals surface area contributed by atoms with Crippen LogP contribution in [0.3, 0.4) is 0 Å². The van der Waals surface area contributed by atoms with Gasteiger partial charge in [0, 0.05) is 5.57 Å². The highest BCUT2D eigenvalue weighted by atomic mass is 16.5. The number of hydrogen-bond acceptors (Lipinski definition) is 7. The summed E-state index contributed by atoms with van der Waals surface area (Å²) in [5.74, 6) is -2.03. The van der Waals surface area contributed by atoms with Gasteiger partial charge in [0.1, 0.15) is 12.1 Å². The van der Waals surface area contributed by atoms with Crippen molar-refractivity contribution in [1.29, 1.82) is 0 Å². The van der Waals surface area contributed by atoms with Crippen LogP contribution in [0.25, 0.3) is 5.57 Å². The average Bonchev–Trinajstić information content (AvgIpc) is 3.17. The molecule has 3 unspecified atom stereocenters. The monoisotopic (exact) mass is 436 g/mol. The summed E-state index contributed by atoms with van der Waals surface area (Å²) < 4.78 is 5.46. The molecule has 1 rings (SSSR count). The number of aliphatic hydroxyl groups excluding tert-OH is 1. The molecule has 1 heterocycles. The topological polar surface area (TPSA) is 138 Å². The number of nitrogens with zero attached hydrogens (tertiary/aromatic N) is 2. The predicted molar refractivity (Wildman–Crippen MR) is 117 cm³/mol. The minimum absolute atomic E-state index is 0.0267. The number of aliphatic hydroxyl groups is 1. The first kappa shape index (κ1) is 26.5. The maximum absolute atomic E-state index is 13.1. The minimum Gasteiger partial charge on any atom is -0.382 e. The van der Waals surface area contributed by atoms with E-state index in [0.717, 1.165) is 18.4 Å². The van der Waals surface area contributed by atoms with Crippen LogP contribution in [0.15, 0.2) is 23.3 Å². The van der Waals surface area contributed by atoms with Crippen LogP contribution >= 0.6 is 0 Å². The molecule has 0 fully saturated rings. The van der Waals surface area contributed by atoms with Crippen LogP contribution in [0.4, 0.5) is 0 Å². The van der Waals surface area contributed by atoms with Crippen molar-refractivity contribution in [2.45, 2.75) is 73.0 Å². The SMILES string of the molecule is C=C/C(=C\CCC)c1noc(C(NC(=O)C(CC(C)C)C(O)C(=O)NO)C(C)(C)C)n1. The Morgan fingerprint density at radius 2 is 1.90 bits per heavy atom. The first-order valence-electron chi connectivity index (χ1n) is 10.5. The van der Waals surface area contributed by atoms with Crippen LogP contribution in [0.1, 0.15) is 78.6 Å². The summed E-state index contributed by atoms with van der Waals surface area (Å²) in [5, 5.41) is 26.0. The summed E-state index contributed by atoms with van der Waals surface area (Å²) in [5.41, 5.74) is 1.64. The quantitative estimate of drug-likeness (QED) is 0.237. The summed E-state index contributed by atoms with van der Waals surface area (Å²) >= 11 is 0. The Labute approximate surface area is 184 Å². The molecule has 0 bridgehead atoms. The highest BCUT2D eigenvalue weighted by molar-refractivity contribution is 5.88. The van der Waals surface area contributed by atoms with E-state index in [1.54, 1.807) is 6.08 Å². The standard InChI is InChI=1S/C22H36N4O5/c1-8-10-11-14(9-2)18-24-21(31-26-18)17(22(5,6)7)23-19(28)15(12-13(3)4)16(27)20(29)25-30/h9,11,13,15-17,27,30H,2,8,10,12H2,1,3-7H3,(H,23,28)(H,25,29)/b14-11+. The van der Waals surface area contributed by atoms with E-state index < -0.39 is 35.3 Å². The molecule has 174 valence electrons. The fraction of sp³-hybridized carbons (Fsp3) is 0.636. The second kappa shape index (κ2) is 11.8. The zero-order valence-electron chi connectivity index (χ0n) is 19.3. The number of carbonyl (C=O) groups excluding carboxylic acids is 2. The number of nitrogens with one attached hydrogen (secondary N) is 2. The fourth-order valence-corrected chi connectivity index (χ4v) is 3.07. The van der Waals surface area contributed by atoms with E-state index in [0.29, 0.717) is 5.82 Å². The highest BCUT2D eigenvalue weighted by Crippen LogP contribution is 2.33. The maximum Gasteiger partial charge on any atom is 0.272 e. The molecular formula is C22H36N4O5. The second-order valence-electron chi connectivity index (χ2n) is 9.07. The van der Waals surface area contributed by atoms with Crippen molar-refractivity contribution in [3.05, 3.63) is 30.4 Å². The molecule has 0 aromatic carbocycles. The lowest BCUT2D eigenvalue weighted by molar-refractivity contribution is -0.147. The molecule has 0 aliphatic carbocycles. The van der Waals surface area contributed by atoms with E-state index in [2.05, 4.69) is 29.0 Å². The number of rotatable bonds is 11. The van der Waals surface area contributed by atoms with Crippen molar-refractivity contribution < 1.29 is 24.4 Å². The fourth-order valence-electron chi connectivity index (χ4n) is 3.07. The van der Waals surface area contributed by atoms with Gasteiger partial charge in [-0.3, -0.25) is 14.8 Å². The number of hydroxylamine groups is 1. The lowest BCUT2D eigenvalue weighted by Gasteiger charge is -2.31. The minimum atomic E-state index is -1.70. The Bertz CT molecular complexity index is 779. The molecule has 1 aromatic rings. The molecule has 31 heavy (non-hydrogen) atoms. The van der Waals surface area contributed by atoms with Gasteiger partial charge < -0.3 is 14.9 Å². The molecule has 0 saturated carbocycles. The van der Waals surface area contributed by atoms with Gasteiger partial charge in [-0.1, -0.05) is 71.9 Å². The summed E-state index contributed by atoms with van der Waals surface area (Å²) in [7, 11) is 0. The molecule has 4 N–H and O–H groups in total. The zero-order valence-corrected chi connectivity index (χ0v) is 19.3. The van der Waals surface area contributed by atoms with Crippen LogP contribution in [0.5, 0.6) is 0 Å². The van der Waals surface area contributed by atoms with Crippen LogP contribution in [0.2, 0.25) is 0 Å². The summed E-state index contributed by atoms with van der Waals surface area (Å²) in [6, 6.07) is -0.669. The van der Waals surface area contributed by atoms with Crippen molar-refractivity contribution in [2.24, 2.45) is 17.3 Å². The molecule has 2 amide bonds. The van der Waals surface area contributed by atoms with E-state index >= 15 is 0 Å². The van der Waals surface area contributed by atoms with Gasteiger partial charge in [-0.15, -0.1) is 0 Å². The number of amides is 2. The van der Waals surface area contributed by atoms with Gasteiger partial charge in [0.2, 0.25) is 17.6 Å². The third-order valence-electron chi connectivity index (χ3n) is 4.79. The molecule has 0 aliphatic heterocycles. The normalized spacial score (nSPS) is 15.3. The van der Waals surface area contributed by atoms with Crippen LogP contribution in [0, 0.1) is 17.3 Å². The van der Waals surface area contributed by atoms with Crippen molar-refractivity contribution in [2.75, 3.05) is 0 Å². The zero-order chi connectivity index (χ0) is 23.8. The molecule has 1 aromatic heterocycles. The van der Waals surface area contributed by atoms with Gasteiger partial charge in [-0.25, -0.2) is 5.48 Å². The Morgan fingerprint density at radius 1 is 1.26 bits per heavy atom. The first-order valence-corrected chi connectivity index (χ1v) is 10.5. The largest absolute Gasteiger partial charge is 0.382 e. The number of allylic oxidation sites excluding steroid dienone is 3. The van der Waals surface area contributed by atoms with E-state index in [9.17, 15) is 14.7 Å². The van der Waals surface area contributed by atoms with Crippen molar-refractivity contribution in [3.63, 3.8) is 0 Å². The third-order valence-corrected chi connectivity index (χ3v) is 4.79. The summed E-state index contributed by atoms with van der Waals surface area (Å²) in [6.45, 7) is 15.3. The van der Waals surface area contributed by atoms with E-state index in [1.807, 2.05) is 40.7 Å². The third kappa shape index (κ3) is 7.59. The van der Waals surface area contributed by atoms with E-state index in [4.69, 9.17) is 9.73 Å². The molecule has 0 aliphatic rings. The summed E-state index contributed by atoms with van der Waals surface area (Å²) in [4.78, 5) is 29.3. The van der Waals surface area contributed by atoms with Crippen LogP contribution in [-0.2, 0) is 9.59 Å². The Balaban J connectivity index is 3.22. The average molecular weight is 437 g/mol. The molecule has 9 heteroatoms. The highest BCUT2D eigenvalue weighted by Gasteiger charge is 2.38. The molecule has 0 spiro atoms. The number of hydrogen-bond donors (Lipinski definition) is 4. The van der Waals surface area contributed by atoms with Crippen LogP contribution < -0.4 is 10.8 Å². The van der Waals surface area contributed by atoms with Crippen molar-refractivity contribution in [3.8, 4) is 0 Å². The Hall–Kier alpha value is -2.52. The lowest BCUT2D eigenvalue weighted by atomic mass is 9.85. The maximum atomic E-state index is 13.1. The van der Waals surface area contributed by atoms with Crippen LogP contribution in [-0.4, -0.2) is 38.4 Å². The van der Waals surface area contributed by atoms with E-state index in [-0.39, 0.29) is 18.2 Å². The Morgan fingerprint density at radius 3 is 2.39 bits per heavy atom. The van der Waals surface area contributed by atoms with Gasteiger partial charge in [0.25, 0.3) is 5.91 Å². The van der Waals surface area contributed by atoms with Gasteiger partial charge in [0.15, 0.2) is 0 Å². The molecule has 9 nitrogen and oxygen atoms in total. The molecular weight excluding hydrogens is 400 g/mol. The first-order chi connectivity index (χ1) is 14.5. The van der Waals surface area contributed by atoms with Gasteiger partial charge >= 0.3 is 0 Å². The van der Waals surface area contributed by atoms with Gasteiger partial charge in [-0.2, -0.15) is 4.98 Å². The van der Waals surface area contributed by atoms with Crippen molar-refractivity contribution in [1.82, 2.24) is 20.9 Å². The summed E-state index contributed by atoms with van der Waals surface area (Å²) in [6.07, 6.45) is 3.96. The van der Waals surface area contributed by atoms with Gasteiger partial charge in [-0.05, 0) is 24.2 Å². The number of unbranched alkanes of at least 4 members (excludes halogenated alkanes) is 1. The molecule has 3 atom stereocenters. The molecule has 0 radical (unpaired) electrons. The predicted octanol–water partition coefficient (Wildman–Crippen LogP) is 3.17.